The molecule has 1 aliphatic rings. The Labute approximate surface area is 249 Å². The van der Waals surface area contributed by atoms with Crippen molar-refractivity contribution >= 4 is 34.3 Å². The lowest BCUT2D eigenvalue weighted by Gasteiger charge is -2.21. The summed E-state index contributed by atoms with van der Waals surface area (Å²) in [6.07, 6.45) is 1.55. The molecule has 0 aliphatic carbocycles. The van der Waals surface area contributed by atoms with E-state index in [-0.39, 0.29) is 35.0 Å². The highest BCUT2D eigenvalue weighted by atomic mass is 19.1. The lowest BCUT2D eigenvalue weighted by molar-refractivity contribution is -0.123. The van der Waals surface area contributed by atoms with Crippen molar-refractivity contribution in [3.63, 3.8) is 0 Å². The number of nitrogens with zero attached hydrogens (tertiary/aromatic N) is 3. The van der Waals surface area contributed by atoms with E-state index in [9.17, 15) is 23.5 Å². The first-order valence-corrected chi connectivity index (χ1v) is 13.4. The quantitative estimate of drug-likeness (QED) is 0.184. The molecular weight excluding hydrogens is 574 g/mol. The van der Waals surface area contributed by atoms with Crippen molar-refractivity contribution in [2.45, 2.75) is 19.0 Å². The van der Waals surface area contributed by atoms with Crippen LogP contribution in [0.15, 0.2) is 66.9 Å². The number of hydrogen-bond acceptors (Lipinski definition) is 8. The van der Waals surface area contributed by atoms with Gasteiger partial charge in [-0.15, -0.1) is 0 Å². The van der Waals surface area contributed by atoms with Gasteiger partial charge >= 0.3 is 6.03 Å². The van der Waals surface area contributed by atoms with E-state index in [0.717, 1.165) is 17.7 Å². The number of methoxy groups -OCH3 is 2. The number of rotatable bonds is 8. The Morgan fingerprint density at radius 1 is 1.00 bits per heavy atom. The molecule has 1 fully saturated rings. The van der Waals surface area contributed by atoms with E-state index in [0.29, 0.717) is 22.7 Å². The minimum Gasteiger partial charge on any atom is -0.497 e. The monoisotopic (exact) mass is 600 g/mol. The van der Waals surface area contributed by atoms with E-state index in [2.05, 4.69) is 25.9 Å². The van der Waals surface area contributed by atoms with Gasteiger partial charge in [-0.05, 0) is 48.9 Å². The van der Waals surface area contributed by atoms with E-state index in [1.807, 2.05) is 0 Å². The number of aromatic hydroxyl groups is 1. The molecule has 6 rings (SSSR count). The van der Waals surface area contributed by atoms with Crippen molar-refractivity contribution in [3.8, 4) is 28.8 Å². The van der Waals surface area contributed by atoms with E-state index < -0.39 is 34.7 Å². The first kappa shape index (κ1) is 28.4. The van der Waals surface area contributed by atoms with Crippen molar-refractivity contribution in [1.29, 1.82) is 0 Å². The Bertz CT molecular complexity index is 1920. The minimum absolute atomic E-state index is 0.0801. The summed E-state index contributed by atoms with van der Waals surface area (Å²) in [7, 11) is 3.06. The molecule has 5 aromatic rings. The Morgan fingerprint density at radius 2 is 1.73 bits per heavy atom. The van der Waals surface area contributed by atoms with Gasteiger partial charge in [0.25, 0.3) is 5.91 Å². The fourth-order valence-electron chi connectivity index (χ4n) is 5.11. The van der Waals surface area contributed by atoms with Crippen LogP contribution >= 0.6 is 0 Å². The average molecular weight is 601 g/mol. The van der Waals surface area contributed by atoms with Crippen LogP contribution < -0.4 is 25.4 Å². The second kappa shape index (κ2) is 10.8. The predicted molar refractivity (Wildman–Crippen MR) is 157 cm³/mol. The zero-order valence-corrected chi connectivity index (χ0v) is 23.7. The number of carbonyl (C=O) groups excluding carboxylic acids is 2. The van der Waals surface area contributed by atoms with Crippen LogP contribution in [0.5, 0.6) is 17.4 Å². The molecule has 3 amide bonds. The number of benzene rings is 3. The van der Waals surface area contributed by atoms with Gasteiger partial charge in [0.15, 0.2) is 5.82 Å². The van der Waals surface area contributed by atoms with Gasteiger partial charge in [0.1, 0.15) is 39.9 Å². The van der Waals surface area contributed by atoms with Crippen LogP contribution in [-0.4, -0.2) is 45.8 Å². The molecule has 0 spiro atoms. The fourth-order valence-corrected chi connectivity index (χ4v) is 5.11. The Morgan fingerprint density at radius 3 is 2.36 bits per heavy atom. The maximum absolute atomic E-state index is 14.8. The van der Waals surface area contributed by atoms with Crippen LogP contribution in [0, 0.1) is 11.6 Å². The summed E-state index contributed by atoms with van der Waals surface area (Å²) in [4.78, 5) is 32.9. The van der Waals surface area contributed by atoms with E-state index >= 15 is 0 Å². The number of anilines is 2. The summed E-state index contributed by atoms with van der Waals surface area (Å²) in [6, 6.07) is 14.7. The zero-order chi connectivity index (χ0) is 31.2. The molecule has 224 valence electrons. The zero-order valence-electron chi connectivity index (χ0n) is 23.7. The summed E-state index contributed by atoms with van der Waals surface area (Å²) in [6.45, 7) is 1.75. The maximum atomic E-state index is 14.8. The molecular formula is C31H26F2N6O5. The topological polar surface area (TPSA) is 140 Å². The Balaban J connectivity index is 1.44. The number of ether oxygens (including phenoxy) is 2. The number of hydrogen-bond donors (Lipinski definition) is 4. The molecule has 0 bridgehead atoms. The third-order valence-electron chi connectivity index (χ3n) is 7.50. The van der Waals surface area contributed by atoms with Gasteiger partial charge in [-0.2, -0.15) is 0 Å². The summed E-state index contributed by atoms with van der Waals surface area (Å²) in [5.74, 6) is -1.42. The first-order valence-electron chi connectivity index (χ1n) is 13.4. The molecule has 3 aromatic carbocycles. The van der Waals surface area contributed by atoms with Gasteiger partial charge in [0, 0.05) is 23.5 Å². The van der Waals surface area contributed by atoms with Gasteiger partial charge < -0.3 is 29.8 Å². The van der Waals surface area contributed by atoms with Crippen LogP contribution in [0.4, 0.5) is 25.1 Å². The van der Waals surface area contributed by atoms with Gasteiger partial charge in [-0.3, -0.25) is 10.1 Å². The highest BCUT2D eigenvalue weighted by Crippen LogP contribution is 2.37. The molecule has 1 aliphatic heterocycles. The lowest BCUT2D eigenvalue weighted by Crippen LogP contribution is -2.40. The molecule has 4 N–H and O–H groups in total. The molecule has 2 aromatic heterocycles. The predicted octanol–water partition coefficient (Wildman–Crippen LogP) is 4.95. The molecule has 0 radical (unpaired) electrons. The van der Waals surface area contributed by atoms with Crippen LogP contribution in [0.1, 0.15) is 18.1 Å². The number of amides is 3. The van der Waals surface area contributed by atoms with E-state index in [1.54, 1.807) is 62.7 Å². The number of aromatic nitrogens is 3. The second-order valence-electron chi connectivity index (χ2n) is 10.2. The van der Waals surface area contributed by atoms with E-state index in [4.69, 9.17) is 9.47 Å². The van der Waals surface area contributed by atoms with Crippen molar-refractivity contribution in [2.24, 2.45) is 0 Å². The Kier molecular flexibility index (Phi) is 7.00. The third-order valence-corrected chi connectivity index (χ3v) is 7.50. The molecule has 0 saturated carbocycles. The van der Waals surface area contributed by atoms with Crippen molar-refractivity contribution < 1.29 is 33.0 Å². The third kappa shape index (κ3) is 4.87. The smallest absolute Gasteiger partial charge is 0.322 e. The number of halogens is 2. The van der Waals surface area contributed by atoms with E-state index in [1.165, 1.54) is 17.7 Å². The largest absolute Gasteiger partial charge is 0.497 e. The van der Waals surface area contributed by atoms with Gasteiger partial charge in [0.05, 0.1) is 31.8 Å². The van der Waals surface area contributed by atoms with Crippen molar-refractivity contribution in [3.05, 3.63) is 89.6 Å². The Hall–Kier alpha value is -5.72. The summed E-state index contributed by atoms with van der Waals surface area (Å²) < 4.78 is 41.9. The number of urea groups is 1. The molecule has 1 atom stereocenters. The summed E-state index contributed by atoms with van der Waals surface area (Å²) in [5.41, 5.74) is 0.263. The minimum atomic E-state index is -1.26. The van der Waals surface area contributed by atoms with Gasteiger partial charge in [0.2, 0.25) is 5.88 Å². The highest BCUT2D eigenvalue weighted by molar-refractivity contribution is 6.07. The van der Waals surface area contributed by atoms with Crippen LogP contribution in [-0.2, 0) is 16.9 Å². The van der Waals surface area contributed by atoms with Crippen molar-refractivity contribution in [2.75, 3.05) is 19.5 Å². The first-order chi connectivity index (χ1) is 21.1. The molecule has 44 heavy (non-hydrogen) atoms. The maximum Gasteiger partial charge on any atom is 0.322 e. The van der Waals surface area contributed by atoms with Crippen LogP contribution in [0.25, 0.3) is 22.3 Å². The van der Waals surface area contributed by atoms with Crippen LogP contribution in [0.2, 0.25) is 0 Å². The summed E-state index contributed by atoms with van der Waals surface area (Å²) >= 11 is 0. The number of fused-ring (bicyclic) bond motifs is 1. The van der Waals surface area contributed by atoms with Gasteiger partial charge in [-0.25, -0.2) is 23.5 Å². The highest BCUT2D eigenvalue weighted by Gasteiger charge is 2.43. The molecule has 3 heterocycles. The standard InChI is InChI=1S/C31H26F2N6O5/c1-31(29(41)37-30(42)38-31)17-8-10-18(11-9-17)34-27-25-22(35-26(36-27)24-20(32)5-4-6-21(24)33)15-39(28(25)40)14-16-7-12-19(43-2)13-23(16)44-3/h4-13,15,40H,14H2,1-3H3,(H,34,35,36)(H2,37,38,41,42). The second-order valence-corrected chi connectivity index (χ2v) is 10.2. The molecule has 1 saturated heterocycles. The fraction of sp³-hybridized carbons (Fsp3) is 0.161. The molecule has 1 unspecified atom stereocenters. The summed E-state index contributed by atoms with van der Waals surface area (Å²) in [5, 5.41) is 19.5. The molecule has 11 nitrogen and oxygen atoms in total. The lowest BCUT2D eigenvalue weighted by atomic mass is 9.92. The molecule has 13 heteroatoms. The van der Waals surface area contributed by atoms with Crippen LogP contribution in [0.3, 0.4) is 0 Å². The SMILES string of the molecule is COc1ccc(Cn2cc3nc(-c4c(F)cccc4F)nc(Nc4ccc(C5(C)NC(=O)NC5=O)cc4)c3c2O)c(OC)c1. The number of imide groups is 1. The van der Waals surface area contributed by atoms with Crippen molar-refractivity contribution in [1.82, 2.24) is 25.2 Å². The number of nitrogens with one attached hydrogen (secondary N) is 3. The normalized spacial score (nSPS) is 16.1. The average Bonchev–Trinajstić information content (AvgIpc) is 3.46. The number of carbonyl (C=O) groups is 2. The van der Waals surface area contributed by atoms with Gasteiger partial charge in [-0.1, -0.05) is 18.2 Å².